The van der Waals surface area contributed by atoms with Crippen LogP contribution >= 0.6 is 15.9 Å². The smallest absolute Gasteiger partial charge is 0.195 e. The highest BCUT2D eigenvalue weighted by atomic mass is 79.9. The molecular weight excluding hydrogens is 325 g/mol. The Balaban J connectivity index is 5.05. The number of nitrogens with zero attached hydrogens (tertiary/aromatic N) is 2. The molecule has 0 saturated heterocycles. The van der Waals surface area contributed by atoms with Crippen molar-refractivity contribution >= 4 is 26.1 Å². The van der Waals surface area contributed by atoms with Crippen LogP contribution in [-0.2, 0) is 10.2 Å². The molecule has 0 fully saturated rings. The van der Waals surface area contributed by atoms with Gasteiger partial charge in [0.2, 0.25) is 0 Å². The molecule has 0 atom stereocenters. The Morgan fingerprint density at radius 3 is 2.06 bits per heavy atom. The highest BCUT2D eigenvalue weighted by Crippen LogP contribution is 2.20. The largest absolute Gasteiger partial charge is 0.402 e. The third-order valence-corrected chi connectivity index (χ3v) is 4.58. The van der Waals surface area contributed by atoms with E-state index in [1.54, 1.807) is 13.8 Å². The average Bonchev–Trinajstić information content (AvgIpc) is 2.13. The van der Waals surface area contributed by atoms with Gasteiger partial charge in [-0.3, -0.25) is 0 Å². The van der Waals surface area contributed by atoms with E-state index in [-0.39, 0.29) is 11.9 Å². The lowest BCUT2D eigenvalue weighted by Gasteiger charge is -2.29. The van der Waals surface area contributed by atoms with Crippen LogP contribution in [0, 0.1) is 0 Å². The molecule has 0 aromatic heterocycles. The van der Waals surface area contributed by atoms with Gasteiger partial charge in [-0.25, -0.2) is 0 Å². The molecule has 0 amide bonds. The third kappa shape index (κ3) is 5.54. The second-order valence-electron chi connectivity index (χ2n) is 3.76. The maximum absolute atomic E-state index is 12.3. The minimum absolute atomic E-state index is 0.147. The van der Waals surface area contributed by atoms with Gasteiger partial charge in [0.1, 0.15) is 6.54 Å². The van der Waals surface area contributed by atoms with E-state index in [1.165, 1.54) is 7.05 Å². The van der Waals surface area contributed by atoms with Crippen LogP contribution in [0.3, 0.4) is 0 Å². The van der Waals surface area contributed by atoms with Crippen LogP contribution < -0.4 is 0 Å². The topological polar surface area (TPSA) is 40.6 Å². The maximum atomic E-state index is 12.3. The van der Waals surface area contributed by atoms with Crippen molar-refractivity contribution in [3.05, 3.63) is 0 Å². The van der Waals surface area contributed by atoms with Gasteiger partial charge in [0, 0.05) is 25.0 Å². The summed E-state index contributed by atoms with van der Waals surface area (Å²) >= 11 is 2.94. The van der Waals surface area contributed by atoms with Crippen molar-refractivity contribution in [3.63, 3.8) is 0 Å². The van der Waals surface area contributed by atoms with Gasteiger partial charge in [0.25, 0.3) is 10.2 Å². The molecule has 0 unspecified atom stereocenters. The molecule has 9 heteroatoms. The maximum Gasteiger partial charge on any atom is 0.402 e. The number of rotatable bonds is 6. The van der Waals surface area contributed by atoms with E-state index in [1.807, 2.05) is 0 Å². The number of halogens is 4. The Morgan fingerprint density at radius 1 is 1.29 bits per heavy atom. The quantitative estimate of drug-likeness (QED) is 0.692. The molecule has 0 aromatic carbocycles. The van der Waals surface area contributed by atoms with Gasteiger partial charge in [-0.1, -0.05) is 15.9 Å². The molecule has 0 radical (unpaired) electrons. The first kappa shape index (κ1) is 17.1. The van der Waals surface area contributed by atoms with Crippen molar-refractivity contribution in [2.75, 3.05) is 25.5 Å². The van der Waals surface area contributed by atoms with Gasteiger partial charge in [0.05, 0.1) is 0 Å². The summed E-state index contributed by atoms with van der Waals surface area (Å²) < 4.78 is 61.9. The monoisotopic (exact) mass is 340 g/mol. The Labute approximate surface area is 108 Å². The molecule has 0 heterocycles. The molecule has 17 heavy (non-hydrogen) atoms. The second-order valence-corrected chi connectivity index (χ2v) is 6.54. The molecule has 4 nitrogen and oxygen atoms in total. The minimum atomic E-state index is -4.55. The molecule has 0 aliphatic heterocycles. The van der Waals surface area contributed by atoms with Crippen molar-refractivity contribution in [1.82, 2.24) is 8.61 Å². The Bertz CT molecular complexity index is 332. The molecular formula is C8H16BrF3N2O2S. The number of hydrogen-bond acceptors (Lipinski definition) is 2. The minimum Gasteiger partial charge on any atom is -0.195 e. The third-order valence-electron chi connectivity index (χ3n) is 2.11. The zero-order chi connectivity index (χ0) is 13.9. The van der Waals surface area contributed by atoms with Crippen LogP contribution in [0.25, 0.3) is 0 Å². The molecule has 0 aliphatic rings. The molecule has 0 bridgehead atoms. The first-order valence-electron chi connectivity index (χ1n) is 4.88. The lowest BCUT2D eigenvalue weighted by molar-refractivity contribution is -0.136. The van der Waals surface area contributed by atoms with Crippen LogP contribution in [0.4, 0.5) is 13.2 Å². The van der Waals surface area contributed by atoms with Crippen molar-refractivity contribution < 1.29 is 21.6 Å². The Hall–Kier alpha value is 0.140. The van der Waals surface area contributed by atoms with Crippen LogP contribution in [0.5, 0.6) is 0 Å². The van der Waals surface area contributed by atoms with Crippen molar-refractivity contribution in [2.45, 2.75) is 26.1 Å². The summed E-state index contributed by atoms with van der Waals surface area (Å²) in [4.78, 5) is 0. The van der Waals surface area contributed by atoms with Gasteiger partial charge in [-0.05, 0) is 13.8 Å². The summed E-state index contributed by atoms with van der Waals surface area (Å²) in [6.45, 7) is 1.49. The summed E-state index contributed by atoms with van der Waals surface area (Å²) in [5.74, 6) is 0. The highest BCUT2D eigenvalue weighted by molar-refractivity contribution is 9.09. The molecule has 104 valence electrons. The molecule has 0 saturated carbocycles. The summed E-state index contributed by atoms with van der Waals surface area (Å²) in [7, 11) is -2.82. The Morgan fingerprint density at radius 2 is 1.76 bits per heavy atom. The zero-order valence-electron chi connectivity index (χ0n) is 9.83. The van der Waals surface area contributed by atoms with Crippen molar-refractivity contribution in [2.24, 2.45) is 0 Å². The fourth-order valence-corrected chi connectivity index (χ4v) is 3.21. The van der Waals surface area contributed by atoms with E-state index in [4.69, 9.17) is 0 Å². The van der Waals surface area contributed by atoms with Crippen LogP contribution in [0.2, 0.25) is 0 Å². The predicted octanol–water partition coefficient (Wildman–Crippen LogP) is 1.83. The van der Waals surface area contributed by atoms with Crippen LogP contribution in [0.1, 0.15) is 13.8 Å². The summed E-state index contributed by atoms with van der Waals surface area (Å²) in [6.07, 6.45) is -4.55. The van der Waals surface area contributed by atoms with Crippen molar-refractivity contribution in [1.29, 1.82) is 0 Å². The van der Waals surface area contributed by atoms with Gasteiger partial charge in [-0.15, -0.1) is 0 Å². The van der Waals surface area contributed by atoms with Gasteiger partial charge >= 0.3 is 6.18 Å². The lowest BCUT2D eigenvalue weighted by atomic mass is 10.4. The van der Waals surface area contributed by atoms with Crippen molar-refractivity contribution in [3.8, 4) is 0 Å². The summed E-state index contributed by atoms with van der Waals surface area (Å²) in [5, 5.41) is 0.147. The Kier molecular flexibility index (Phi) is 6.40. The van der Waals surface area contributed by atoms with Gasteiger partial charge in [-0.2, -0.15) is 30.2 Å². The zero-order valence-corrected chi connectivity index (χ0v) is 12.2. The van der Waals surface area contributed by atoms with E-state index in [0.29, 0.717) is 4.31 Å². The molecule has 0 N–H and O–H groups in total. The summed E-state index contributed by atoms with van der Waals surface area (Å²) in [6, 6.07) is -0.397. The van der Waals surface area contributed by atoms with Crippen LogP contribution in [-0.4, -0.2) is 54.7 Å². The molecule has 0 aromatic rings. The molecule has 0 rings (SSSR count). The SMILES string of the molecule is CC(C)N(C)S(=O)(=O)N(CCBr)CC(F)(F)F. The predicted molar refractivity (Wildman–Crippen MR) is 63.2 cm³/mol. The first-order chi connectivity index (χ1) is 7.52. The number of hydrogen-bond donors (Lipinski definition) is 0. The van der Waals surface area contributed by atoms with E-state index < -0.39 is 29.0 Å². The standard InChI is InChI=1S/C8H16BrF3N2O2S/c1-7(2)13(3)17(15,16)14(5-4-9)6-8(10,11)12/h7H,4-6H2,1-3H3. The molecule has 0 spiro atoms. The van der Waals surface area contributed by atoms with E-state index >= 15 is 0 Å². The van der Waals surface area contributed by atoms with E-state index in [2.05, 4.69) is 15.9 Å². The molecule has 0 aliphatic carbocycles. The fourth-order valence-electron chi connectivity index (χ4n) is 1.02. The lowest BCUT2D eigenvalue weighted by Crippen LogP contribution is -2.48. The first-order valence-corrected chi connectivity index (χ1v) is 7.40. The van der Waals surface area contributed by atoms with Gasteiger partial charge < -0.3 is 0 Å². The van der Waals surface area contributed by atoms with Gasteiger partial charge in [0.15, 0.2) is 0 Å². The second kappa shape index (κ2) is 6.35. The average molecular weight is 341 g/mol. The van der Waals surface area contributed by atoms with E-state index in [9.17, 15) is 21.6 Å². The van der Waals surface area contributed by atoms with E-state index in [0.717, 1.165) is 4.31 Å². The normalized spacial score (nSPS) is 14.0. The van der Waals surface area contributed by atoms with Crippen LogP contribution in [0.15, 0.2) is 0 Å². The number of alkyl halides is 4. The highest BCUT2D eigenvalue weighted by Gasteiger charge is 2.38. The fraction of sp³-hybridized carbons (Fsp3) is 1.00. The summed E-state index contributed by atoms with van der Waals surface area (Å²) in [5.41, 5.74) is 0.